The lowest BCUT2D eigenvalue weighted by atomic mass is 9.90. The van der Waals surface area contributed by atoms with Gasteiger partial charge in [0, 0.05) is 58.7 Å². The van der Waals surface area contributed by atoms with Gasteiger partial charge in [-0.3, -0.25) is 4.99 Å². The van der Waals surface area contributed by atoms with Crippen molar-refractivity contribution in [1.82, 2.24) is 10.6 Å². The summed E-state index contributed by atoms with van der Waals surface area (Å²) < 4.78 is 17.4. The number of hydrogen-bond acceptors (Lipinski definition) is 4. The Morgan fingerprint density at radius 3 is 2.69 bits per heavy atom. The van der Waals surface area contributed by atoms with Crippen LogP contribution in [0, 0.1) is 0 Å². The first-order chi connectivity index (χ1) is 12.5. The number of guanidine groups is 1. The lowest BCUT2D eigenvalue weighted by molar-refractivity contribution is -0.0856. The maximum Gasteiger partial charge on any atom is 0.191 e. The van der Waals surface area contributed by atoms with E-state index in [0.29, 0.717) is 6.54 Å². The zero-order chi connectivity index (χ0) is 18.6. The molecule has 1 aromatic rings. The molecular weight excluding hydrogens is 330 g/mol. The highest BCUT2D eigenvalue weighted by Crippen LogP contribution is 2.39. The summed E-state index contributed by atoms with van der Waals surface area (Å²) in [6, 6.07) is 8.35. The predicted molar refractivity (Wildman–Crippen MR) is 103 cm³/mol. The van der Waals surface area contributed by atoms with Gasteiger partial charge in [0.25, 0.3) is 0 Å². The molecule has 0 radical (unpaired) electrons. The molecule has 2 aliphatic rings. The molecule has 1 unspecified atom stereocenters. The van der Waals surface area contributed by atoms with Crippen molar-refractivity contribution in [3.63, 3.8) is 0 Å². The fourth-order valence-corrected chi connectivity index (χ4v) is 3.73. The number of aliphatic imine (C=N–C) groups is 1. The Balaban J connectivity index is 1.68. The molecule has 2 aliphatic heterocycles. The fraction of sp³-hybridized carbons (Fsp3) is 0.650. The van der Waals surface area contributed by atoms with Gasteiger partial charge < -0.3 is 24.8 Å². The Morgan fingerprint density at radius 1 is 1.27 bits per heavy atom. The number of ether oxygens (including phenoxy) is 3. The van der Waals surface area contributed by atoms with Crippen molar-refractivity contribution >= 4 is 5.96 Å². The molecule has 0 aliphatic carbocycles. The molecule has 0 saturated carbocycles. The van der Waals surface area contributed by atoms with E-state index in [1.165, 1.54) is 5.56 Å². The number of nitrogens with zero attached hydrogens (tertiary/aromatic N) is 1. The molecule has 0 spiro atoms. The van der Waals surface area contributed by atoms with Crippen molar-refractivity contribution in [1.29, 1.82) is 0 Å². The first kappa shape index (κ1) is 19.0. The smallest absolute Gasteiger partial charge is 0.191 e. The molecule has 144 valence electrons. The van der Waals surface area contributed by atoms with Gasteiger partial charge in [0.15, 0.2) is 5.96 Å². The Kier molecular flexibility index (Phi) is 5.73. The Bertz CT molecular complexity index is 639. The lowest BCUT2D eigenvalue weighted by Crippen LogP contribution is -2.52. The summed E-state index contributed by atoms with van der Waals surface area (Å²) in [5.74, 6) is 1.72. The molecule has 0 bridgehead atoms. The van der Waals surface area contributed by atoms with Crippen LogP contribution in [-0.2, 0) is 9.47 Å². The third-order valence-electron chi connectivity index (χ3n) is 5.33. The van der Waals surface area contributed by atoms with E-state index in [0.717, 1.165) is 44.2 Å². The monoisotopic (exact) mass is 361 g/mol. The van der Waals surface area contributed by atoms with Crippen molar-refractivity contribution in [3.8, 4) is 5.75 Å². The van der Waals surface area contributed by atoms with Gasteiger partial charge in [-0.2, -0.15) is 0 Å². The first-order valence-corrected chi connectivity index (χ1v) is 9.35. The number of methoxy groups -OCH3 is 1. The second-order valence-corrected chi connectivity index (χ2v) is 7.73. The second kappa shape index (κ2) is 7.84. The summed E-state index contributed by atoms with van der Waals surface area (Å²) in [4.78, 5) is 4.42. The van der Waals surface area contributed by atoms with Gasteiger partial charge in [-0.15, -0.1) is 0 Å². The van der Waals surface area contributed by atoms with Crippen LogP contribution in [0.2, 0.25) is 0 Å². The van der Waals surface area contributed by atoms with Crippen LogP contribution in [-0.4, -0.2) is 51.1 Å². The van der Waals surface area contributed by atoms with Crippen molar-refractivity contribution < 1.29 is 14.2 Å². The zero-order valence-corrected chi connectivity index (χ0v) is 16.3. The van der Waals surface area contributed by atoms with Gasteiger partial charge in [-0.25, -0.2) is 0 Å². The van der Waals surface area contributed by atoms with Crippen molar-refractivity contribution in [2.45, 2.75) is 50.4 Å². The van der Waals surface area contributed by atoms with Crippen molar-refractivity contribution in [2.75, 3.05) is 33.9 Å². The minimum Gasteiger partial charge on any atom is -0.487 e. The average Bonchev–Trinajstić information content (AvgIpc) is 2.65. The van der Waals surface area contributed by atoms with E-state index in [-0.39, 0.29) is 17.2 Å². The van der Waals surface area contributed by atoms with Crippen LogP contribution in [0.25, 0.3) is 0 Å². The molecule has 6 heteroatoms. The average molecular weight is 361 g/mol. The minimum absolute atomic E-state index is 0.148. The van der Waals surface area contributed by atoms with Gasteiger partial charge >= 0.3 is 0 Å². The summed E-state index contributed by atoms with van der Waals surface area (Å²) in [7, 11) is 3.58. The van der Waals surface area contributed by atoms with Gasteiger partial charge in [0.05, 0.1) is 11.6 Å². The fourth-order valence-electron chi connectivity index (χ4n) is 3.73. The summed E-state index contributed by atoms with van der Waals surface area (Å²) in [6.45, 7) is 6.43. The zero-order valence-electron chi connectivity index (χ0n) is 16.3. The third kappa shape index (κ3) is 4.30. The number of nitrogens with one attached hydrogen (secondary N) is 2. The van der Waals surface area contributed by atoms with Crippen LogP contribution in [0.15, 0.2) is 29.3 Å². The van der Waals surface area contributed by atoms with Gasteiger partial charge in [-0.05, 0) is 19.9 Å². The van der Waals surface area contributed by atoms with Crippen LogP contribution in [0.1, 0.15) is 44.7 Å². The SMILES string of the molecule is CN=C(NCC1(OC)CCOCC1)NC1CC(C)(C)Oc2ccccc21. The standard InChI is InChI=1S/C20H31N3O3/c1-19(2)13-16(15-7-5-6-8-17(15)26-19)23-18(21-3)22-14-20(24-4)9-11-25-12-10-20/h5-8,16H,9-14H2,1-4H3,(H2,21,22,23). The molecule has 2 N–H and O–H groups in total. The second-order valence-electron chi connectivity index (χ2n) is 7.73. The molecule has 2 heterocycles. The van der Waals surface area contributed by atoms with E-state index in [2.05, 4.69) is 35.5 Å². The summed E-state index contributed by atoms with van der Waals surface area (Å²) in [5, 5.41) is 7.02. The van der Waals surface area contributed by atoms with Crippen molar-refractivity contribution in [2.24, 2.45) is 4.99 Å². The Hall–Kier alpha value is -1.79. The molecule has 1 atom stereocenters. The highest BCUT2D eigenvalue weighted by molar-refractivity contribution is 5.80. The van der Waals surface area contributed by atoms with Crippen LogP contribution in [0.5, 0.6) is 5.75 Å². The topological polar surface area (TPSA) is 64.1 Å². The molecule has 6 nitrogen and oxygen atoms in total. The Labute approximate surface area is 156 Å². The van der Waals surface area contributed by atoms with E-state index in [4.69, 9.17) is 14.2 Å². The predicted octanol–water partition coefficient (Wildman–Crippen LogP) is 2.65. The highest BCUT2D eigenvalue weighted by atomic mass is 16.5. The minimum atomic E-state index is -0.223. The van der Waals surface area contributed by atoms with Crippen LogP contribution < -0.4 is 15.4 Å². The van der Waals surface area contributed by atoms with Gasteiger partial charge in [-0.1, -0.05) is 18.2 Å². The number of para-hydroxylation sites is 1. The number of rotatable bonds is 4. The lowest BCUT2D eigenvalue weighted by Gasteiger charge is -2.39. The third-order valence-corrected chi connectivity index (χ3v) is 5.33. The Morgan fingerprint density at radius 2 is 2.00 bits per heavy atom. The van der Waals surface area contributed by atoms with E-state index in [1.807, 2.05) is 18.2 Å². The molecule has 26 heavy (non-hydrogen) atoms. The summed E-state index contributed by atoms with van der Waals surface area (Å²) in [5.41, 5.74) is 0.754. The normalized spacial score (nSPS) is 24.3. The molecule has 3 rings (SSSR count). The quantitative estimate of drug-likeness (QED) is 0.638. The molecule has 1 aromatic carbocycles. The largest absolute Gasteiger partial charge is 0.487 e. The van der Waals surface area contributed by atoms with Crippen LogP contribution in [0.4, 0.5) is 0 Å². The highest BCUT2D eigenvalue weighted by Gasteiger charge is 2.35. The van der Waals surface area contributed by atoms with Crippen molar-refractivity contribution in [3.05, 3.63) is 29.8 Å². The molecule has 0 aromatic heterocycles. The number of benzene rings is 1. The summed E-state index contributed by atoms with van der Waals surface area (Å²) >= 11 is 0. The van der Waals surface area contributed by atoms with Crippen LogP contribution in [0.3, 0.4) is 0 Å². The maximum absolute atomic E-state index is 6.12. The maximum atomic E-state index is 6.12. The number of hydrogen-bond donors (Lipinski definition) is 2. The van der Waals surface area contributed by atoms with E-state index in [1.54, 1.807) is 14.2 Å². The van der Waals surface area contributed by atoms with E-state index < -0.39 is 0 Å². The van der Waals surface area contributed by atoms with Gasteiger partial charge in [0.2, 0.25) is 0 Å². The molecule has 0 amide bonds. The van der Waals surface area contributed by atoms with E-state index in [9.17, 15) is 0 Å². The molecule has 1 saturated heterocycles. The number of fused-ring (bicyclic) bond motifs is 1. The summed E-state index contributed by atoms with van der Waals surface area (Å²) in [6.07, 6.45) is 2.65. The first-order valence-electron chi connectivity index (χ1n) is 9.35. The van der Waals surface area contributed by atoms with Crippen LogP contribution >= 0.6 is 0 Å². The van der Waals surface area contributed by atoms with Gasteiger partial charge in [0.1, 0.15) is 11.4 Å². The molecular formula is C20H31N3O3. The molecule has 1 fully saturated rings. The van der Waals surface area contributed by atoms with E-state index >= 15 is 0 Å².